The van der Waals surface area contributed by atoms with Crippen molar-refractivity contribution in [2.75, 3.05) is 31.3 Å². The lowest BCUT2D eigenvalue weighted by Crippen LogP contribution is -2.54. The first-order valence-corrected chi connectivity index (χ1v) is 21.4. The molecular weight excluding hydrogens is 806 g/mol. The smallest absolute Gasteiger partial charge is 0.433 e. The van der Waals surface area contributed by atoms with Crippen LogP contribution >= 0.6 is 0 Å². The number of halogens is 3. The van der Waals surface area contributed by atoms with E-state index in [-0.39, 0.29) is 41.6 Å². The zero-order valence-electron chi connectivity index (χ0n) is 34.6. The molecule has 2 aromatic heterocycles. The van der Waals surface area contributed by atoms with Gasteiger partial charge in [0.1, 0.15) is 23.2 Å². The molecule has 62 heavy (non-hydrogen) atoms. The predicted octanol–water partition coefficient (Wildman–Crippen LogP) is 6.98. The molecule has 14 nitrogen and oxygen atoms in total. The van der Waals surface area contributed by atoms with Gasteiger partial charge in [-0.1, -0.05) is 12.1 Å². The van der Waals surface area contributed by atoms with Crippen LogP contribution < -0.4 is 20.7 Å². The number of benzene rings is 2. The van der Waals surface area contributed by atoms with E-state index in [2.05, 4.69) is 32.9 Å². The Hall–Kier alpha value is -5.84. The Morgan fingerprint density at radius 2 is 1.69 bits per heavy atom. The van der Waals surface area contributed by atoms with Gasteiger partial charge >= 0.3 is 6.18 Å². The van der Waals surface area contributed by atoms with Crippen LogP contribution in [0.5, 0.6) is 5.75 Å². The minimum absolute atomic E-state index is 0.0786. The first kappa shape index (κ1) is 41.5. The molecule has 2 aromatic carbocycles. The number of amides is 5. The van der Waals surface area contributed by atoms with Crippen LogP contribution in [0.15, 0.2) is 54.7 Å². The van der Waals surface area contributed by atoms with Crippen LogP contribution in [0, 0.1) is 11.3 Å². The van der Waals surface area contributed by atoms with Crippen molar-refractivity contribution in [3.8, 4) is 5.75 Å². The maximum Gasteiger partial charge on any atom is 0.433 e. The number of anilines is 2. The van der Waals surface area contributed by atoms with Crippen LogP contribution in [0.4, 0.5) is 24.5 Å². The molecule has 2 aliphatic heterocycles. The van der Waals surface area contributed by atoms with Crippen molar-refractivity contribution in [1.29, 1.82) is 0 Å². The van der Waals surface area contributed by atoms with Crippen LogP contribution in [0.2, 0.25) is 0 Å². The standard InChI is InChI=1S/C45H49F3N8O6/c1-54(28-15-17-44(18-16-28)21-27(22-44)49-31-6-3-5-30-39(31)43(61)56(42(30)60)35-13-14-38(57)52-41(35)59)23-25-9-11-29(12-10-25)55-24-26-19-34(36(62-2)20-33(26)53-55)51-40(58)32-7-4-8-37(50-32)45(46,47)48/h3-8,19-20,24-25,27-29,35,49H,9-18,21-23H2,1-2H3,(H,51,58)(H,52,57,59)/t25-,27?,28?,29-,35?,44?. The summed E-state index contributed by atoms with van der Waals surface area (Å²) in [6.07, 6.45) is 8.15. The molecule has 1 spiro atoms. The van der Waals surface area contributed by atoms with Crippen molar-refractivity contribution in [2.24, 2.45) is 11.3 Å². The number of carbonyl (C=O) groups excluding carboxylic acids is 5. The molecule has 3 N–H and O–H groups in total. The molecule has 0 radical (unpaired) electrons. The van der Waals surface area contributed by atoms with Crippen LogP contribution in [0.25, 0.3) is 10.9 Å². The molecule has 1 saturated heterocycles. The summed E-state index contributed by atoms with van der Waals surface area (Å²) in [6, 6.07) is 11.8. The van der Waals surface area contributed by atoms with E-state index < -0.39 is 47.4 Å². The quantitative estimate of drug-likeness (QED) is 0.142. The number of carbonyl (C=O) groups is 5. The number of fused-ring (bicyclic) bond motifs is 2. The zero-order chi connectivity index (χ0) is 43.5. The van der Waals surface area contributed by atoms with Gasteiger partial charge in [-0.15, -0.1) is 0 Å². The molecule has 4 heterocycles. The molecule has 0 bridgehead atoms. The topological polar surface area (TPSA) is 168 Å². The minimum atomic E-state index is -4.67. The summed E-state index contributed by atoms with van der Waals surface area (Å²) in [5, 5.41) is 14.1. The number of ether oxygens (including phenoxy) is 1. The van der Waals surface area contributed by atoms with Crippen molar-refractivity contribution in [3.05, 3.63) is 77.2 Å². The molecule has 17 heteroatoms. The van der Waals surface area contributed by atoms with Gasteiger partial charge in [-0.25, -0.2) is 4.98 Å². The molecule has 9 rings (SSSR count). The lowest BCUT2D eigenvalue weighted by atomic mass is 9.57. The Kier molecular flexibility index (Phi) is 10.8. The highest BCUT2D eigenvalue weighted by Gasteiger charge is 2.49. The van der Waals surface area contributed by atoms with Crippen molar-refractivity contribution in [1.82, 2.24) is 29.9 Å². The molecule has 5 amide bonds. The fourth-order valence-electron chi connectivity index (χ4n) is 10.6. The maximum absolute atomic E-state index is 13.6. The number of rotatable bonds is 10. The third kappa shape index (κ3) is 7.90. The minimum Gasteiger partial charge on any atom is -0.494 e. The molecule has 5 aliphatic rings. The second-order valence-corrected chi connectivity index (χ2v) is 17.9. The number of aromatic nitrogens is 3. The zero-order valence-corrected chi connectivity index (χ0v) is 34.6. The summed E-state index contributed by atoms with van der Waals surface area (Å²) in [7, 11) is 3.70. The predicted molar refractivity (Wildman–Crippen MR) is 222 cm³/mol. The van der Waals surface area contributed by atoms with Gasteiger partial charge in [0.15, 0.2) is 0 Å². The van der Waals surface area contributed by atoms with E-state index in [9.17, 15) is 37.1 Å². The van der Waals surface area contributed by atoms with Gasteiger partial charge in [0.05, 0.1) is 35.5 Å². The van der Waals surface area contributed by atoms with E-state index >= 15 is 0 Å². The largest absolute Gasteiger partial charge is 0.494 e. The molecule has 3 saturated carbocycles. The summed E-state index contributed by atoms with van der Waals surface area (Å²) in [5.41, 5.74) is 0.978. The number of imide groups is 2. The third-order valence-corrected chi connectivity index (χ3v) is 13.9. The highest BCUT2D eigenvalue weighted by molar-refractivity contribution is 6.25. The van der Waals surface area contributed by atoms with Gasteiger partial charge in [0.2, 0.25) is 11.8 Å². The summed E-state index contributed by atoms with van der Waals surface area (Å²) < 4.78 is 47.1. The maximum atomic E-state index is 13.6. The molecular formula is C45H49F3N8O6. The Labute approximate surface area is 355 Å². The van der Waals surface area contributed by atoms with Gasteiger partial charge in [0, 0.05) is 48.4 Å². The number of piperidine rings is 1. The Morgan fingerprint density at radius 1 is 0.952 bits per heavy atom. The Balaban J connectivity index is 0.744. The second-order valence-electron chi connectivity index (χ2n) is 17.9. The van der Waals surface area contributed by atoms with Gasteiger partial charge < -0.3 is 20.3 Å². The third-order valence-electron chi connectivity index (χ3n) is 13.9. The fourth-order valence-corrected chi connectivity index (χ4v) is 10.6. The molecule has 3 aliphatic carbocycles. The van der Waals surface area contributed by atoms with Gasteiger partial charge in [-0.3, -0.25) is 38.9 Å². The van der Waals surface area contributed by atoms with E-state index in [0.717, 1.165) is 93.2 Å². The SMILES string of the molecule is COc1cc2nn([C@H]3CC[C@H](CN(C)C4CCC5(CC4)CC(Nc4cccc6c4C(=O)N(C4CCC(=O)NC4=O)C6=O)C5)CC3)cc2cc1NC(=O)c1cccc(C(F)(F)F)n1. The van der Waals surface area contributed by atoms with Crippen molar-refractivity contribution in [2.45, 2.75) is 107 Å². The first-order chi connectivity index (χ1) is 29.7. The van der Waals surface area contributed by atoms with Crippen LogP contribution in [-0.4, -0.2) is 92.9 Å². The number of methoxy groups -OCH3 is 1. The summed E-state index contributed by atoms with van der Waals surface area (Å²) in [6.45, 7) is 1.04. The lowest BCUT2D eigenvalue weighted by Gasteiger charge is -2.53. The Morgan fingerprint density at radius 3 is 2.40 bits per heavy atom. The average molecular weight is 855 g/mol. The molecule has 1 unspecified atom stereocenters. The first-order valence-electron chi connectivity index (χ1n) is 21.4. The number of hydrogen-bond acceptors (Lipinski definition) is 10. The number of nitrogens with one attached hydrogen (secondary N) is 3. The van der Waals surface area contributed by atoms with Crippen molar-refractivity contribution in [3.63, 3.8) is 0 Å². The summed E-state index contributed by atoms with van der Waals surface area (Å²) >= 11 is 0. The Bertz CT molecular complexity index is 2450. The highest BCUT2D eigenvalue weighted by Crippen LogP contribution is 2.53. The van der Waals surface area contributed by atoms with Crippen LogP contribution in [-0.2, 0) is 15.8 Å². The highest BCUT2D eigenvalue weighted by atomic mass is 19.4. The van der Waals surface area contributed by atoms with Crippen molar-refractivity contribution >= 4 is 51.8 Å². The molecule has 1 atom stereocenters. The lowest BCUT2D eigenvalue weighted by molar-refractivity contribution is -0.141. The monoisotopic (exact) mass is 854 g/mol. The molecule has 326 valence electrons. The van der Waals surface area contributed by atoms with E-state index in [1.165, 1.54) is 13.2 Å². The normalized spacial score (nSPS) is 26.4. The van der Waals surface area contributed by atoms with E-state index in [1.807, 2.05) is 16.9 Å². The average Bonchev–Trinajstić information content (AvgIpc) is 3.77. The van der Waals surface area contributed by atoms with Gasteiger partial charge in [0.25, 0.3) is 17.7 Å². The van der Waals surface area contributed by atoms with Crippen LogP contribution in [0.1, 0.15) is 120 Å². The van der Waals surface area contributed by atoms with Gasteiger partial charge in [-0.05, 0) is 119 Å². The molecule has 4 fully saturated rings. The number of hydrogen-bond donors (Lipinski definition) is 3. The number of alkyl halides is 3. The van der Waals surface area contributed by atoms with Crippen molar-refractivity contribution < 1.29 is 41.9 Å². The van der Waals surface area contributed by atoms with Gasteiger partial charge in [-0.2, -0.15) is 18.3 Å². The van der Waals surface area contributed by atoms with Crippen LogP contribution in [0.3, 0.4) is 0 Å². The van der Waals surface area contributed by atoms with E-state index in [1.54, 1.807) is 24.3 Å². The fraction of sp³-hybridized carbons (Fsp3) is 0.489. The van der Waals surface area contributed by atoms with E-state index in [0.29, 0.717) is 40.2 Å². The summed E-state index contributed by atoms with van der Waals surface area (Å²) in [5.74, 6) is -1.88. The molecule has 4 aromatic rings. The van der Waals surface area contributed by atoms with E-state index in [4.69, 9.17) is 9.84 Å². The number of nitrogens with zero attached hydrogens (tertiary/aromatic N) is 5. The number of pyridine rings is 1. The second kappa shape index (κ2) is 16.1. The summed E-state index contributed by atoms with van der Waals surface area (Å²) in [4.78, 5) is 71.1.